The molecule has 40 valence electrons. The van der Waals surface area contributed by atoms with E-state index in [4.69, 9.17) is 5.73 Å². The van der Waals surface area contributed by atoms with Gasteiger partial charge >= 0.3 is 0 Å². The van der Waals surface area contributed by atoms with Crippen molar-refractivity contribution in [3.63, 3.8) is 0 Å². The molecular formula is C5H9NO. The van der Waals surface area contributed by atoms with Crippen molar-refractivity contribution < 1.29 is 4.79 Å². The van der Waals surface area contributed by atoms with Crippen molar-refractivity contribution in [3.05, 3.63) is 11.8 Å². The molecule has 0 saturated heterocycles. The Kier molecular flexibility index (Phi) is 2.12. The molecule has 0 aromatic rings. The molecule has 0 spiro atoms. The first-order valence-corrected chi connectivity index (χ1v) is 2.11. The number of carbonyl (C=O) groups excluding carboxylic acids is 1. The Hall–Kier alpha value is -0.790. The molecule has 2 N–H and O–H groups in total. The number of nitrogens with two attached hydrogens (primary N) is 1. The summed E-state index contributed by atoms with van der Waals surface area (Å²) in [5.74, 6) is -0.0671. The number of rotatable bonds is 1. The summed E-state index contributed by atoms with van der Waals surface area (Å²) >= 11 is 0. The van der Waals surface area contributed by atoms with Gasteiger partial charge in [-0.15, -0.1) is 0 Å². The molecule has 2 nitrogen and oxygen atoms in total. The van der Waals surface area contributed by atoms with Gasteiger partial charge in [-0.25, -0.2) is 0 Å². The van der Waals surface area contributed by atoms with Gasteiger partial charge in [0, 0.05) is 6.92 Å². The van der Waals surface area contributed by atoms with Gasteiger partial charge in [-0.3, -0.25) is 4.79 Å². The third-order valence-electron chi connectivity index (χ3n) is 0.718. The molecule has 7 heavy (non-hydrogen) atoms. The number of carbonyl (C=O) groups is 1. The van der Waals surface area contributed by atoms with Gasteiger partial charge in [-0.1, -0.05) is 6.08 Å². The first-order chi connectivity index (χ1) is 3.18. The van der Waals surface area contributed by atoms with Gasteiger partial charge in [-0.05, 0) is 6.92 Å². The Labute approximate surface area is 43.0 Å². The minimum Gasteiger partial charge on any atom is -0.396 e. The van der Waals surface area contributed by atoms with Gasteiger partial charge in [0.2, 0.25) is 0 Å². The van der Waals surface area contributed by atoms with E-state index in [1.807, 2.05) is 0 Å². The van der Waals surface area contributed by atoms with Crippen LogP contribution in [0.15, 0.2) is 11.8 Å². The first-order valence-electron chi connectivity index (χ1n) is 2.11. The average molecular weight is 99.1 g/mol. The Morgan fingerprint density at radius 1 is 1.71 bits per heavy atom. The summed E-state index contributed by atoms with van der Waals surface area (Å²) in [6, 6.07) is 0. The largest absolute Gasteiger partial charge is 0.396 e. The molecular weight excluding hydrogens is 90.1 g/mol. The highest BCUT2D eigenvalue weighted by atomic mass is 16.1. The molecule has 0 amide bonds. The minimum atomic E-state index is -0.0671. The summed E-state index contributed by atoms with van der Waals surface area (Å²) in [6.07, 6.45) is 1.59. The van der Waals surface area contributed by atoms with Crippen LogP contribution in [0.3, 0.4) is 0 Å². The predicted molar refractivity (Wildman–Crippen MR) is 28.6 cm³/mol. The van der Waals surface area contributed by atoms with Crippen LogP contribution in [-0.2, 0) is 4.79 Å². The van der Waals surface area contributed by atoms with Crippen LogP contribution in [0, 0.1) is 0 Å². The number of Topliss-reactive ketones (excluding diaryl/α,β-unsaturated/α-hetero) is 1. The first kappa shape index (κ1) is 6.21. The predicted octanol–water partition coefficient (Wildman–Crippen LogP) is 0.438. The maximum atomic E-state index is 10.2. The summed E-state index contributed by atoms with van der Waals surface area (Å²) in [5.41, 5.74) is 5.46. The Morgan fingerprint density at radius 2 is 2.14 bits per heavy atom. The second kappa shape index (κ2) is 2.39. The molecule has 0 fully saturated rings. The van der Waals surface area contributed by atoms with Crippen LogP contribution < -0.4 is 5.73 Å². The Bertz CT molecular complexity index is 105. The smallest absolute Gasteiger partial charge is 0.175 e. The lowest BCUT2D eigenvalue weighted by Gasteiger charge is -1.86. The zero-order valence-electron chi connectivity index (χ0n) is 4.56. The van der Waals surface area contributed by atoms with Gasteiger partial charge in [-0.2, -0.15) is 0 Å². The second-order valence-corrected chi connectivity index (χ2v) is 1.30. The minimum absolute atomic E-state index is 0.0671. The van der Waals surface area contributed by atoms with Gasteiger partial charge < -0.3 is 5.73 Å². The molecule has 0 atom stereocenters. The fourth-order valence-electron chi connectivity index (χ4n) is 0.203. The standard InChI is InChI=1S/C5H9NO/c1-3-5(6)4(2)7/h3H,6H2,1-2H3. The molecule has 0 saturated carbocycles. The van der Waals surface area contributed by atoms with E-state index in [1.54, 1.807) is 13.0 Å². The van der Waals surface area contributed by atoms with Gasteiger partial charge in [0.1, 0.15) is 0 Å². The van der Waals surface area contributed by atoms with Crippen LogP contribution in [0.5, 0.6) is 0 Å². The Balaban J connectivity index is 3.82. The SMILES string of the molecule is CC=C(N)C(C)=O. The van der Waals surface area contributed by atoms with Crippen molar-refractivity contribution in [2.75, 3.05) is 0 Å². The lowest BCUT2D eigenvalue weighted by Crippen LogP contribution is -2.05. The van der Waals surface area contributed by atoms with E-state index < -0.39 is 0 Å². The average Bonchev–Trinajstić information content (AvgIpc) is 1.65. The van der Waals surface area contributed by atoms with E-state index in [0.717, 1.165) is 0 Å². The van der Waals surface area contributed by atoms with Crippen molar-refractivity contribution in [2.24, 2.45) is 5.73 Å². The van der Waals surface area contributed by atoms with Crippen LogP contribution in [-0.4, -0.2) is 5.78 Å². The summed E-state index contributed by atoms with van der Waals surface area (Å²) in [5, 5.41) is 0. The normalized spacial score (nSPS) is 11.4. The summed E-state index contributed by atoms with van der Waals surface area (Å²) < 4.78 is 0. The zero-order chi connectivity index (χ0) is 5.86. The number of hydrogen-bond acceptors (Lipinski definition) is 2. The molecule has 0 aliphatic rings. The molecule has 0 aromatic carbocycles. The van der Waals surface area contributed by atoms with Crippen LogP contribution in [0.4, 0.5) is 0 Å². The molecule has 0 radical (unpaired) electrons. The van der Waals surface area contributed by atoms with E-state index in [-0.39, 0.29) is 5.78 Å². The van der Waals surface area contributed by atoms with Crippen LogP contribution in [0.2, 0.25) is 0 Å². The monoisotopic (exact) mass is 99.1 g/mol. The molecule has 2 heteroatoms. The van der Waals surface area contributed by atoms with Gasteiger partial charge in [0.05, 0.1) is 5.70 Å². The molecule has 0 unspecified atom stereocenters. The number of ketones is 1. The third kappa shape index (κ3) is 1.98. The number of hydrogen-bond donors (Lipinski definition) is 1. The third-order valence-corrected chi connectivity index (χ3v) is 0.718. The van der Waals surface area contributed by atoms with Crippen LogP contribution >= 0.6 is 0 Å². The van der Waals surface area contributed by atoms with E-state index >= 15 is 0 Å². The van der Waals surface area contributed by atoms with Gasteiger partial charge in [0.15, 0.2) is 5.78 Å². The lowest BCUT2D eigenvalue weighted by molar-refractivity contribution is -0.113. The quantitative estimate of drug-likeness (QED) is 0.484. The van der Waals surface area contributed by atoms with Crippen LogP contribution in [0.25, 0.3) is 0 Å². The van der Waals surface area contributed by atoms with Gasteiger partial charge in [0.25, 0.3) is 0 Å². The summed E-state index contributed by atoms with van der Waals surface area (Å²) in [4.78, 5) is 10.2. The van der Waals surface area contributed by atoms with Crippen molar-refractivity contribution in [1.82, 2.24) is 0 Å². The highest BCUT2D eigenvalue weighted by Crippen LogP contribution is 1.81. The maximum Gasteiger partial charge on any atom is 0.175 e. The van der Waals surface area contributed by atoms with Crippen molar-refractivity contribution in [3.8, 4) is 0 Å². The molecule has 0 heterocycles. The maximum absolute atomic E-state index is 10.2. The van der Waals surface area contributed by atoms with E-state index in [2.05, 4.69) is 0 Å². The fraction of sp³-hybridized carbons (Fsp3) is 0.400. The fourth-order valence-corrected chi connectivity index (χ4v) is 0.203. The second-order valence-electron chi connectivity index (χ2n) is 1.30. The van der Waals surface area contributed by atoms with Crippen molar-refractivity contribution in [2.45, 2.75) is 13.8 Å². The topological polar surface area (TPSA) is 43.1 Å². The molecule has 0 aromatic heterocycles. The molecule has 0 aliphatic heterocycles. The van der Waals surface area contributed by atoms with Crippen LogP contribution in [0.1, 0.15) is 13.8 Å². The lowest BCUT2D eigenvalue weighted by atomic mass is 10.3. The molecule has 0 rings (SSSR count). The Morgan fingerprint density at radius 3 is 2.14 bits per heavy atom. The summed E-state index contributed by atoms with van der Waals surface area (Å²) in [7, 11) is 0. The van der Waals surface area contributed by atoms with E-state index in [9.17, 15) is 4.79 Å². The highest BCUT2D eigenvalue weighted by molar-refractivity contribution is 5.92. The molecule has 0 aliphatic carbocycles. The van der Waals surface area contributed by atoms with Crippen molar-refractivity contribution >= 4 is 5.78 Å². The highest BCUT2D eigenvalue weighted by Gasteiger charge is 1.90. The number of allylic oxidation sites excluding steroid dienone is 2. The van der Waals surface area contributed by atoms with E-state index in [1.165, 1.54) is 6.92 Å². The zero-order valence-corrected chi connectivity index (χ0v) is 4.56. The van der Waals surface area contributed by atoms with E-state index in [0.29, 0.717) is 5.70 Å². The summed E-state index contributed by atoms with van der Waals surface area (Å²) in [6.45, 7) is 3.17. The van der Waals surface area contributed by atoms with Crippen molar-refractivity contribution in [1.29, 1.82) is 0 Å². The molecule has 0 bridgehead atoms.